The van der Waals surface area contributed by atoms with Crippen LogP contribution in [0.15, 0.2) is 12.1 Å². The Bertz CT molecular complexity index is 401. The Balaban J connectivity index is 3.12. The highest BCUT2D eigenvalue weighted by Crippen LogP contribution is 2.35. The van der Waals surface area contributed by atoms with E-state index in [-0.39, 0.29) is 0 Å². The normalized spacial score (nSPS) is 13.6. The SMILES string of the molecule is COc1cc(C)cc(C)c1C(N)CC(F)(F)F. The van der Waals surface area contributed by atoms with Crippen molar-refractivity contribution in [2.24, 2.45) is 5.73 Å². The largest absolute Gasteiger partial charge is 0.496 e. The minimum atomic E-state index is -4.28. The molecule has 96 valence electrons. The third kappa shape index (κ3) is 3.63. The van der Waals surface area contributed by atoms with Crippen molar-refractivity contribution < 1.29 is 17.9 Å². The molecule has 0 bridgehead atoms. The zero-order valence-electron chi connectivity index (χ0n) is 10.1. The van der Waals surface area contributed by atoms with E-state index in [9.17, 15) is 13.2 Å². The molecule has 0 saturated carbocycles. The van der Waals surface area contributed by atoms with Gasteiger partial charge in [0.05, 0.1) is 13.5 Å². The second kappa shape index (κ2) is 4.96. The number of alkyl halides is 3. The maximum absolute atomic E-state index is 12.3. The van der Waals surface area contributed by atoms with E-state index in [4.69, 9.17) is 10.5 Å². The summed E-state index contributed by atoms with van der Waals surface area (Å²) in [5, 5.41) is 0. The molecule has 0 saturated heterocycles. The standard InChI is InChI=1S/C12H16F3NO/c1-7-4-8(2)11(10(5-7)17-3)9(16)6-12(13,14)15/h4-5,9H,6,16H2,1-3H3. The van der Waals surface area contributed by atoms with Gasteiger partial charge in [-0.1, -0.05) is 6.07 Å². The second-order valence-electron chi connectivity index (χ2n) is 4.12. The van der Waals surface area contributed by atoms with E-state index in [0.717, 1.165) is 11.1 Å². The second-order valence-corrected chi connectivity index (χ2v) is 4.12. The van der Waals surface area contributed by atoms with E-state index < -0.39 is 18.6 Å². The van der Waals surface area contributed by atoms with Gasteiger partial charge in [-0.25, -0.2) is 0 Å². The fraction of sp³-hybridized carbons (Fsp3) is 0.500. The van der Waals surface area contributed by atoms with Crippen LogP contribution in [0.1, 0.15) is 29.2 Å². The highest BCUT2D eigenvalue weighted by Gasteiger charge is 2.32. The molecule has 0 aliphatic carbocycles. The maximum Gasteiger partial charge on any atom is 0.390 e. The van der Waals surface area contributed by atoms with Crippen molar-refractivity contribution >= 4 is 0 Å². The van der Waals surface area contributed by atoms with Gasteiger partial charge < -0.3 is 10.5 Å². The van der Waals surface area contributed by atoms with Gasteiger partial charge >= 0.3 is 6.18 Å². The fourth-order valence-electron chi connectivity index (χ4n) is 1.94. The Morgan fingerprint density at radius 2 is 1.88 bits per heavy atom. The van der Waals surface area contributed by atoms with E-state index in [1.165, 1.54) is 7.11 Å². The van der Waals surface area contributed by atoms with Crippen LogP contribution < -0.4 is 10.5 Å². The molecule has 5 heteroatoms. The summed E-state index contributed by atoms with van der Waals surface area (Å²) in [6, 6.07) is 2.40. The first-order chi connectivity index (χ1) is 7.74. The van der Waals surface area contributed by atoms with E-state index in [1.807, 2.05) is 6.92 Å². The Kier molecular flexibility index (Phi) is 4.03. The van der Waals surface area contributed by atoms with Gasteiger partial charge in [0.1, 0.15) is 5.75 Å². The third-order valence-electron chi connectivity index (χ3n) is 2.54. The predicted octanol–water partition coefficient (Wildman–Crippen LogP) is 3.26. The number of nitrogens with two attached hydrogens (primary N) is 1. The molecule has 0 radical (unpaired) electrons. The first kappa shape index (κ1) is 13.8. The zero-order valence-corrected chi connectivity index (χ0v) is 10.1. The molecule has 2 nitrogen and oxygen atoms in total. The number of ether oxygens (including phenoxy) is 1. The topological polar surface area (TPSA) is 35.2 Å². The molecular weight excluding hydrogens is 231 g/mol. The number of methoxy groups -OCH3 is 1. The summed E-state index contributed by atoms with van der Waals surface area (Å²) in [6.45, 7) is 3.59. The van der Waals surface area contributed by atoms with Gasteiger partial charge in [0.2, 0.25) is 0 Å². The fourth-order valence-corrected chi connectivity index (χ4v) is 1.94. The molecule has 0 spiro atoms. The highest BCUT2D eigenvalue weighted by atomic mass is 19.4. The summed E-state index contributed by atoms with van der Waals surface area (Å²) in [6.07, 6.45) is -5.32. The van der Waals surface area contributed by atoms with Crippen LogP contribution in [0.25, 0.3) is 0 Å². The van der Waals surface area contributed by atoms with Crippen molar-refractivity contribution in [2.45, 2.75) is 32.5 Å². The molecule has 2 N–H and O–H groups in total. The van der Waals surface area contributed by atoms with Crippen LogP contribution in [0.5, 0.6) is 5.75 Å². The molecule has 0 aromatic heterocycles. The summed E-state index contributed by atoms with van der Waals surface area (Å²) in [5.41, 5.74) is 7.69. The first-order valence-corrected chi connectivity index (χ1v) is 5.22. The van der Waals surface area contributed by atoms with Gasteiger partial charge in [-0.3, -0.25) is 0 Å². The number of halogens is 3. The Morgan fingerprint density at radius 1 is 1.29 bits per heavy atom. The predicted molar refractivity (Wildman–Crippen MR) is 60.1 cm³/mol. The lowest BCUT2D eigenvalue weighted by Gasteiger charge is -2.20. The van der Waals surface area contributed by atoms with Crippen LogP contribution in [-0.4, -0.2) is 13.3 Å². The van der Waals surface area contributed by atoms with E-state index in [1.54, 1.807) is 19.1 Å². The number of benzene rings is 1. The minimum Gasteiger partial charge on any atom is -0.496 e. The molecule has 0 aliphatic rings. The van der Waals surface area contributed by atoms with Gasteiger partial charge in [-0.05, 0) is 31.0 Å². The molecule has 0 heterocycles. The van der Waals surface area contributed by atoms with Gasteiger partial charge in [-0.15, -0.1) is 0 Å². The van der Waals surface area contributed by atoms with Crippen molar-refractivity contribution in [3.8, 4) is 5.75 Å². The van der Waals surface area contributed by atoms with Crippen molar-refractivity contribution in [1.29, 1.82) is 0 Å². The Hall–Kier alpha value is -1.23. The Morgan fingerprint density at radius 3 is 2.35 bits per heavy atom. The molecule has 1 aromatic rings. The molecule has 0 fully saturated rings. The summed E-state index contributed by atoms with van der Waals surface area (Å²) in [5.74, 6) is 0.416. The van der Waals surface area contributed by atoms with Gasteiger partial charge in [0, 0.05) is 11.6 Å². The average Bonchev–Trinajstić information content (AvgIpc) is 2.12. The van der Waals surface area contributed by atoms with Crippen LogP contribution in [0, 0.1) is 13.8 Å². The first-order valence-electron chi connectivity index (χ1n) is 5.22. The molecule has 1 unspecified atom stereocenters. The number of rotatable bonds is 3. The third-order valence-corrected chi connectivity index (χ3v) is 2.54. The van der Waals surface area contributed by atoms with E-state index in [2.05, 4.69) is 0 Å². The van der Waals surface area contributed by atoms with Crippen LogP contribution >= 0.6 is 0 Å². The van der Waals surface area contributed by atoms with Crippen LogP contribution in [0.2, 0.25) is 0 Å². The lowest BCUT2D eigenvalue weighted by atomic mass is 9.96. The number of hydrogen-bond acceptors (Lipinski definition) is 2. The van der Waals surface area contributed by atoms with Crippen molar-refractivity contribution in [3.63, 3.8) is 0 Å². The van der Waals surface area contributed by atoms with Crippen LogP contribution in [-0.2, 0) is 0 Å². The monoisotopic (exact) mass is 247 g/mol. The number of hydrogen-bond donors (Lipinski definition) is 1. The van der Waals surface area contributed by atoms with Crippen LogP contribution in [0.4, 0.5) is 13.2 Å². The maximum atomic E-state index is 12.3. The minimum absolute atomic E-state index is 0.416. The van der Waals surface area contributed by atoms with E-state index >= 15 is 0 Å². The van der Waals surface area contributed by atoms with Crippen LogP contribution in [0.3, 0.4) is 0 Å². The quantitative estimate of drug-likeness (QED) is 0.889. The summed E-state index contributed by atoms with van der Waals surface area (Å²) >= 11 is 0. The molecule has 1 rings (SSSR count). The highest BCUT2D eigenvalue weighted by molar-refractivity contribution is 5.45. The Labute approximate surface area is 98.6 Å². The van der Waals surface area contributed by atoms with Gasteiger partial charge in [0.15, 0.2) is 0 Å². The van der Waals surface area contributed by atoms with E-state index in [0.29, 0.717) is 11.3 Å². The van der Waals surface area contributed by atoms with Crippen molar-refractivity contribution in [1.82, 2.24) is 0 Å². The molecule has 1 atom stereocenters. The molecule has 0 aliphatic heterocycles. The number of aryl methyl sites for hydroxylation is 2. The molecular formula is C12H16F3NO. The summed E-state index contributed by atoms with van der Waals surface area (Å²) in [4.78, 5) is 0. The average molecular weight is 247 g/mol. The lowest BCUT2D eigenvalue weighted by Crippen LogP contribution is -2.21. The molecule has 0 amide bonds. The summed E-state index contributed by atoms with van der Waals surface area (Å²) in [7, 11) is 1.43. The summed E-state index contributed by atoms with van der Waals surface area (Å²) < 4.78 is 42.0. The zero-order chi connectivity index (χ0) is 13.2. The van der Waals surface area contributed by atoms with Gasteiger partial charge in [-0.2, -0.15) is 13.2 Å². The van der Waals surface area contributed by atoms with Crippen molar-refractivity contribution in [2.75, 3.05) is 7.11 Å². The molecule has 1 aromatic carbocycles. The van der Waals surface area contributed by atoms with Gasteiger partial charge in [0.25, 0.3) is 0 Å². The molecule has 17 heavy (non-hydrogen) atoms. The van der Waals surface area contributed by atoms with Crippen molar-refractivity contribution in [3.05, 3.63) is 28.8 Å². The smallest absolute Gasteiger partial charge is 0.390 e. The lowest BCUT2D eigenvalue weighted by molar-refractivity contribution is -0.138.